The van der Waals surface area contributed by atoms with Gasteiger partial charge in [-0.3, -0.25) is 5.21 Å². The molecule has 0 aromatic rings. The monoisotopic (exact) mass is 148 g/mol. The molecule has 6 heteroatoms. The number of rotatable bonds is 3. The SMILES string of the molecule is CC(C=O)N(NO)C(=O)O. The smallest absolute Gasteiger partial charge is 0.424 e. The summed E-state index contributed by atoms with van der Waals surface area (Å²) in [6, 6.07) is -0.900. The zero-order chi connectivity index (χ0) is 8.15. The van der Waals surface area contributed by atoms with Gasteiger partial charge in [0.15, 0.2) is 0 Å². The Balaban J connectivity index is 4.05. The van der Waals surface area contributed by atoms with Crippen molar-refractivity contribution in [3.8, 4) is 0 Å². The normalized spacial score (nSPS) is 12.2. The van der Waals surface area contributed by atoms with Crippen molar-refractivity contribution < 1.29 is 19.9 Å². The molecule has 0 fully saturated rings. The minimum absolute atomic E-state index is 0.368. The van der Waals surface area contributed by atoms with Gasteiger partial charge in [0.1, 0.15) is 12.3 Å². The predicted molar refractivity (Wildman–Crippen MR) is 30.3 cm³/mol. The molecule has 0 saturated carbocycles. The molecule has 0 heterocycles. The van der Waals surface area contributed by atoms with Gasteiger partial charge in [-0.2, -0.15) is 0 Å². The Morgan fingerprint density at radius 3 is 2.40 bits per heavy atom. The Hall–Kier alpha value is -1.14. The van der Waals surface area contributed by atoms with E-state index < -0.39 is 12.1 Å². The molecule has 0 aliphatic rings. The number of carbonyl (C=O) groups excluding carboxylic acids is 1. The molecule has 0 radical (unpaired) electrons. The van der Waals surface area contributed by atoms with Crippen molar-refractivity contribution in [3.63, 3.8) is 0 Å². The van der Waals surface area contributed by atoms with Crippen LogP contribution in [0.25, 0.3) is 0 Å². The van der Waals surface area contributed by atoms with E-state index in [1.807, 2.05) is 0 Å². The van der Waals surface area contributed by atoms with Crippen molar-refractivity contribution >= 4 is 12.4 Å². The van der Waals surface area contributed by atoms with Crippen LogP contribution in [0.2, 0.25) is 0 Å². The van der Waals surface area contributed by atoms with Crippen LogP contribution in [-0.2, 0) is 4.79 Å². The number of aldehydes is 1. The number of nitrogens with one attached hydrogen (secondary N) is 1. The average molecular weight is 148 g/mol. The van der Waals surface area contributed by atoms with E-state index in [-0.39, 0.29) is 0 Å². The van der Waals surface area contributed by atoms with Crippen molar-refractivity contribution in [1.82, 2.24) is 10.6 Å². The van der Waals surface area contributed by atoms with Gasteiger partial charge in [0, 0.05) is 0 Å². The molecule has 1 amide bonds. The van der Waals surface area contributed by atoms with Gasteiger partial charge < -0.3 is 9.90 Å². The fraction of sp³-hybridized carbons (Fsp3) is 0.500. The Kier molecular flexibility index (Phi) is 3.37. The zero-order valence-electron chi connectivity index (χ0n) is 5.31. The molecule has 0 aromatic heterocycles. The molecule has 1 atom stereocenters. The lowest BCUT2D eigenvalue weighted by Crippen LogP contribution is -2.46. The molecule has 0 aromatic carbocycles. The van der Waals surface area contributed by atoms with Gasteiger partial charge in [0.05, 0.1) is 0 Å². The van der Waals surface area contributed by atoms with Crippen LogP contribution in [0, 0.1) is 0 Å². The quantitative estimate of drug-likeness (QED) is 0.369. The molecular weight excluding hydrogens is 140 g/mol. The van der Waals surface area contributed by atoms with Crippen LogP contribution < -0.4 is 5.59 Å². The first-order valence-corrected chi connectivity index (χ1v) is 2.50. The number of hydrogen-bond donors (Lipinski definition) is 3. The van der Waals surface area contributed by atoms with Crippen LogP contribution in [0.5, 0.6) is 0 Å². The molecule has 3 N–H and O–H groups in total. The van der Waals surface area contributed by atoms with Crippen LogP contribution in [0.3, 0.4) is 0 Å². The molecule has 0 saturated heterocycles. The first kappa shape index (κ1) is 8.86. The summed E-state index contributed by atoms with van der Waals surface area (Å²) >= 11 is 0. The Labute approximate surface area is 57.0 Å². The van der Waals surface area contributed by atoms with Gasteiger partial charge >= 0.3 is 6.09 Å². The van der Waals surface area contributed by atoms with Crippen LogP contribution in [0.4, 0.5) is 4.79 Å². The summed E-state index contributed by atoms with van der Waals surface area (Å²) < 4.78 is 0. The first-order valence-electron chi connectivity index (χ1n) is 2.50. The third kappa shape index (κ3) is 2.00. The summed E-state index contributed by atoms with van der Waals surface area (Å²) in [5.74, 6) is 0. The fourth-order valence-electron chi connectivity index (χ4n) is 0.369. The van der Waals surface area contributed by atoms with E-state index in [0.717, 1.165) is 0 Å². The molecule has 6 nitrogen and oxygen atoms in total. The highest BCUT2D eigenvalue weighted by atomic mass is 16.5. The Morgan fingerprint density at radius 1 is 1.80 bits per heavy atom. The van der Waals surface area contributed by atoms with Gasteiger partial charge in [0.25, 0.3) is 0 Å². The van der Waals surface area contributed by atoms with Gasteiger partial charge in [0.2, 0.25) is 0 Å². The molecule has 0 aliphatic carbocycles. The maximum atomic E-state index is 10.1. The van der Waals surface area contributed by atoms with Crippen molar-refractivity contribution in [1.29, 1.82) is 0 Å². The van der Waals surface area contributed by atoms with Gasteiger partial charge in [-0.15, -0.1) is 5.59 Å². The lowest BCUT2D eigenvalue weighted by Gasteiger charge is -2.18. The van der Waals surface area contributed by atoms with Crippen LogP contribution in [0.1, 0.15) is 6.92 Å². The van der Waals surface area contributed by atoms with Crippen LogP contribution in [0.15, 0.2) is 0 Å². The highest BCUT2D eigenvalue weighted by Crippen LogP contribution is 1.89. The lowest BCUT2D eigenvalue weighted by atomic mass is 10.4. The van der Waals surface area contributed by atoms with Gasteiger partial charge in [-0.05, 0) is 6.92 Å². The van der Waals surface area contributed by atoms with Crippen molar-refractivity contribution in [2.45, 2.75) is 13.0 Å². The molecule has 0 spiro atoms. The van der Waals surface area contributed by atoms with Crippen molar-refractivity contribution in [3.05, 3.63) is 0 Å². The van der Waals surface area contributed by atoms with E-state index in [1.165, 1.54) is 12.5 Å². The summed E-state index contributed by atoms with van der Waals surface area (Å²) in [7, 11) is 0. The maximum Gasteiger partial charge on any atom is 0.424 e. The lowest BCUT2D eigenvalue weighted by molar-refractivity contribution is -0.116. The summed E-state index contributed by atoms with van der Waals surface area (Å²) in [6.45, 7) is 1.32. The molecule has 58 valence electrons. The molecule has 1 unspecified atom stereocenters. The number of carboxylic acid groups (broad SMARTS) is 1. The van der Waals surface area contributed by atoms with E-state index in [0.29, 0.717) is 11.3 Å². The largest absolute Gasteiger partial charge is 0.464 e. The van der Waals surface area contributed by atoms with Gasteiger partial charge in [-0.25, -0.2) is 9.80 Å². The van der Waals surface area contributed by atoms with E-state index >= 15 is 0 Å². The second-order valence-corrected chi connectivity index (χ2v) is 1.63. The van der Waals surface area contributed by atoms with Crippen molar-refractivity contribution in [2.75, 3.05) is 0 Å². The summed E-state index contributed by atoms with van der Waals surface area (Å²) in [5, 5.41) is 16.7. The third-order valence-corrected chi connectivity index (χ3v) is 0.918. The molecule has 10 heavy (non-hydrogen) atoms. The van der Waals surface area contributed by atoms with Crippen molar-refractivity contribution in [2.24, 2.45) is 0 Å². The first-order chi connectivity index (χ1) is 4.63. The second-order valence-electron chi connectivity index (χ2n) is 1.63. The highest BCUT2D eigenvalue weighted by molar-refractivity contribution is 5.70. The molecular formula is C4H8N2O4. The Bertz CT molecular complexity index is 137. The highest BCUT2D eigenvalue weighted by Gasteiger charge is 2.16. The summed E-state index contributed by atoms with van der Waals surface area (Å²) in [4.78, 5) is 20.0. The number of nitrogens with zero attached hydrogens (tertiary/aromatic N) is 1. The second kappa shape index (κ2) is 3.80. The van der Waals surface area contributed by atoms with Crippen LogP contribution in [-0.4, -0.2) is 33.7 Å². The third-order valence-electron chi connectivity index (χ3n) is 0.918. The standard InChI is InChI=1S/C4H8N2O4/c1-3(2-7)6(5-10)4(8)9/h2-3,5,10H,1H3,(H,8,9). The maximum absolute atomic E-state index is 10.1. The molecule has 0 bridgehead atoms. The van der Waals surface area contributed by atoms with E-state index in [1.54, 1.807) is 0 Å². The minimum Gasteiger partial charge on any atom is -0.464 e. The van der Waals surface area contributed by atoms with Crippen LogP contribution >= 0.6 is 0 Å². The number of hydrogen-bond acceptors (Lipinski definition) is 4. The topological polar surface area (TPSA) is 89.9 Å². The van der Waals surface area contributed by atoms with E-state index in [4.69, 9.17) is 10.3 Å². The number of carbonyl (C=O) groups is 2. The zero-order valence-corrected chi connectivity index (χ0v) is 5.31. The van der Waals surface area contributed by atoms with Gasteiger partial charge in [-0.1, -0.05) is 0 Å². The summed E-state index contributed by atoms with van der Waals surface area (Å²) in [6.07, 6.45) is -1.03. The average Bonchev–Trinajstić information content (AvgIpc) is 1.88. The predicted octanol–water partition coefficient (Wildman–Crippen LogP) is -0.552. The molecule has 0 aliphatic heterocycles. The Morgan fingerprint density at radius 2 is 2.30 bits per heavy atom. The number of amides is 1. The van der Waals surface area contributed by atoms with E-state index in [9.17, 15) is 9.59 Å². The molecule has 0 rings (SSSR count). The van der Waals surface area contributed by atoms with E-state index in [2.05, 4.69) is 0 Å². The number of hydrazine groups is 1. The summed E-state index contributed by atoms with van der Waals surface area (Å²) in [5.41, 5.74) is 1.35. The fourth-order valence-corrected chi connectivity index (χ4v) is 0.369. The minimum atomic E-state index is -1.41.